The molecule has 0 saturated carbocycles. The Balaban J connectivity index is 1.69. The molecular formula is C16H24N2. The molecule has 0 aliphatic carbocycles. The molecule has 0 bridgehead atoms. The summed E-state index contributed by atoms with van der Waals surface area (Å²) in [5.41, 5.74) is 4.56. The Morgan fingerprint density at radius 1 is 1.33 bits per heavy atom. The number of benzene rings is 1. The van der Waals surface area contributed by atoms with Gasteiger partial charge in [-0.25, -0.2) is 0 Å². The molecule has 1 atom stereocenters. The molecule has 0 spiro atoms. The highest BCUT2D eigenvalue weighted by Crippen LogP contribution is 2.20. The van der Waals surface area contributed by atoms with Crippen molar-refractivity contribution in [3.63, 3.8) is 0 Å². The van der Waals surface area contributed by atoms with Crippen molar-refractivity contribution >= 4 is 0 Å². The largest absolute Gasteiger partial charge is 0.312 e. The van der Waals surface area contributed by atoms with Crippen LogP contribution in [0.2, 0.25) is 0 Å². The van der Waals surface area contributed by atoms with Crippen molar-refractivity contribution in [3.8, 4) is 0 Å². The van der Waals surface area contributed by atoms with Gasteiger partial charge in [0.2, 0.25) is 0 Å². The van der Waals surface area contributed by atoms with E-state index in [2.05, 4.69) is 35.3 Å². The van der Waals surface area contributed by atoms with E-state index in [1.54, 1.807) is 5.56 Å². The van der Waals surface area contributed by atoms with Gasteiger partial charge >= 0.3 is 0 Å². The van der Waals surface area contributed by atoms with E-state index in [-0.39, 0.29) is 0 Å². The maximum atomic E-state index is 3.47. The molecule has 18 heavy (non-hydrogen) atoms. The number of nitrogens with zero attached hydrogens (tertiary/aromatic N) is 1. The van der Waals surface area contributed by atoms with Crippen LogP contribution in [0.5, 0.6) is 0 Å². The number of likely N-dealkylation sites (tertiary alicyclic amines) is 1. The SMILES string of the molecule is CC1CCCN(Cc2ccc3c(c2)CNCC3)C1. The van der Waals surface area contributed by atoms with Crippen molar-refractivity contribution in [2.75, 3.05) is 19.6 Å². The summed E-state index contributed by atoms with van der Waals surface area (Å²) in [6, 6.07) is 7.10. The fraction of sp³-hybridized carbons (Fsp3) is 0.625. The first-order chi connectivity index (χ1) is 8.81. The van der Waals surface area contributed by atoms with Crippen molar-refractivity contribution in [3.05, 3.63) is 34.9 Å². The summed E-state index contributed by atoms with van der Waals surface area (Å²) in [7, 11) is 0. The molecule has 1 fully saturated rings. The lowest BCUT2D eigenvalue weighted by molar-refractivity contribution is 0.176. The van der Waals surface area contributed by atoms with E-state index in [4.69, 9.17) is 0 Å². The molecule has 1 saturated heterocycles. The van der Waals surface area contributed by atoms with Crippen molar-refractivity contribution in [2.24, 2.45) is 5.92 Å². The van der Waals surface area contributed by atoms with Crippen LogP contribution in [0.15, 0.2) is 18.2 Å². The van der Waals surface area contributed by atoms with Gasteiger partial charge < -0.3 is 5.32 Å². The Kier molecular flexibility index (Phi) is 3.67. The van der Waals surface area contributed by atoms with Crippen LogP contribution in [0.1, 0.15) is 36.5 Å². The van der Waals surface area contributed by atoms with E-state index < -0.39 is 0 Å². The van der Waals surface area contributed by atoms with Gasteiger partial charge in [-0.2, -0.15) is 0 Å². The first-order valence-electron chi connectivity index (χ1n) is 7.35. The molecule has 0 aromatic heterocycles. The van der Waals surface area contributed by atoms with Crippen molar-refractivity contribution < 1.29 is 0 Å². The Labute approximate surface area is 110 Å². The van der Waals surface area contributed by atoms with Crippen LogP contribution < -0.4 is 5.32 Å². The van der Waals surface area contributed by atoms with Crippen molar-refractivity contribution in [1.82, 2.24) is 10.2 Å². The van der Waals surface area contributed by atoms with Crippen LogP contribution in [0.4, 0.5) is 0 Å². The summed E-state index contributed by atoms with van der Waals surface area (Å²) in [5, 5.41) is 3.47. The monoisotopic (exact) mass is 244 g/mol. The van der Waals surface area contributed by atoms with Gasteiger partial charge in [-0.05, 0) is 55.0 Å². The summed E-state index contributed by atoms with van der Waals surface area (Å²) in [6.45, 7) is 8.26. The quantitative estimate of drug-likeness (QED) is 0.860. The van der Waals surface area contributed by atoms with E-state index >= 15 is 0 Å². The minimum absolute atomic E-state index is 0.873. The molecule has 2 nitrogen and oxygen atoms in total. The van der Waals surface area contributed by atoms with E-state index in [0.717, 1.165) is 25.6 Å². The zero-order chi connectivity index (χ0) is 12.4. The standard InChI is InChI=1S/C16H24N2/c1-13-3-2-8-18(11-13)12-14-4-5-15-6-7-17-10-16(15)9-14/h4-5,9,13,17H,2-3,6-8,10-12H2,1H3. The number of nitrogens with one attached hydrogen (secondary N) is 1. The van der Waals surface area contributed by atoms with Crippen LogP contribution in [0.3, 0.4) is 0 Å². The van der Waals surface area contributed by atoms with E-state index in [1.807, 2.05) is 0 Å². The molecule has 1 N–H and O–H groups in total. The zero-order valence-corrected chi connectivity index (χ0v) is 11.4. The Hall–Kier alpha value is -0.860. The second-order valence-corrected chi connectivity index (χ2v) is 6.01. The van der Waals surface area contributed by atoms with Gasteiger partial charge in [0, 0.05) is 19.6 Å². The Morgan fingerprint density at radius 2 is 2.28 bits per heavy atom. The van der Waals surface area contributed by atoms with Gasteiger partial charge in [-0.15, -0.1) is 0 Å². The highest BCUT2D eigenvalue weighted by molar-refractivity contribution is 5.33. The summed E-state index contributed by atoms with van der Waals surface area (Å²) in [5.74, 6) is 0.873. The lowest BCUT2D eigenvalue weighted by Crippen LogP contribution is -2.33. The van der Waals surface area contributed by atoms with Crippen molar-refractivity contribution in [1.29, 1.82) is 0 Å². The molecule has 2 aliphatic rings. The van der Waals surface area contributed by atoms with Gasteiger partial charge in [-0.3, -0.25) is 4.90 Å². The van der Waals surface area contributed by atoms with Gasteiger partial charge in [0.05, 0.1) is 0 Å². The van der Waals surface area contributed by atoms with E-state index in [1.165, 1.54) is 43.5 Å². The molecule has 2 heteroatoms. The fourth-order valence-corrected chi connectivity index (χ4v) is 3.32. The average Bonchev–Trinajstić information content (AvgIpc) is 2.39. The minimum Gasteiger partial charge on any atom is -0.312 e. The van der Waals surface area contributed by atoms with E-state index in [9.17, 15) is 0 Å². The third-order valence-electron chi connectivity index (χ3n) is 4.30. The third-order valence-corrected chi connectivity index (χ3v) is 4.30. The highest BCUT2D eigenvalue weighted by Gasteiger charge is 2.17. The molecule has 2 aliphatic heterocycles. The third kappa shape index (κ3) is 2.76. The molecule has 2 heterocycles. The molecule has 3 rings (SSSR count). The Morgan fingerprint density at radius 3 is 3.17 bits per heavy atom. The lowest BCUT2D eigenvalue weighted by Gasteiger charge is -2.31. The van der Waals surface area contributed by atoms with Gasteiger partial charge in [0.25, 0.3) is 0 Å². The van der Waals surface area contributed by atoms with Gasteiger partial charge in [0.1, 0.15) is 0 Å². The van der Waals surface area contributed by atoms with Crippen LogP contribution in [-0.4, -0.2) is 24.5 Å². The summed E-state index contributed by atoms with van der Waals surface area (Å²) >= 11 is 0. The molecule has 1 unspecified atom stereocenters. The first-order valence-corrected chi connectivity index (χ1v) is 7.35. The van der Waals surface area contributed by atoms with Crippen LogP contribution in [-0.2, 0) is 19.5 Å². The summed E-state index contributed by atoms with van der Waals surface area (Å²) in [4.78, 5) is 2.62. The second-order valence-electron chi connectivity index (χ2n) is 6.01. The molecule has 98 valence electrons. The zero-order valence-electron chi connectivity index (χ0n) is 11.4. The Bertz CT molecular complexity index is 414. The molecule has 0 radical (unpaired) electrons. The number of piperidine rings is 1. The second kappa shape index (κ2) is 5.41. The summed E-state index contributed by atoms with van der Waals surface area (Å²) in [6.07, 6.45) is 3.97. The molecule has 1 aromatic rings. The predicted octanol–water partition coefficient (Wildman–Crippen LogP) is 2.56. The molecular weight excluding hydrogens is 220 g/mol. The normalized spacial score (nSPS) is 24.8. The average molecular weight is 244 g/mol. The smallest absolute Gasteiger partial charge is 0.0233 e. The minimum atomic E-state index is 0.873. The molecule has 1 aromatic carbocycles. The van der Waals surface area contributed by atoms with E-state index in [0.29, 0.717) is 0 Å². The number of rotatable bonds is 2. The van der Waals surface area contributed by atoms with Crippen LogP contribution >= 0.6 is 0 Å². The molecule has 0 amide bonds. The van der Waals surface area contributed by atoms with Gasteiger partial charge in [0.15, 0.2) is 0 Å². The number of fused-ring (bicyclic) bond motifs is 1. The maximum absolute atomic E-state index is 3.47. The van der Waals surface area contributed by atoms with Gasteiger partial charge in [-0.1, -0.05) is 25.1 Å². The maximum Gasteiger partial charge on any atom is 0.0233 e. The number of hydrogen-bond donors (Lipinski definition) is 1. The van der Waals surface area contributed by atoms with Crippen LogP contribution in [0.25, 0.3) is 0 Å². The fourth-order valence-electron chi connectivity index (χ4n) is 3.32. The topological polar surface area (TPSA) is 15.3 Å². The first kappa shape index (κ1) is 12.2. The summed E-state index contributed by atoms with van der Waals surface area (Å²) < 4.78 is 0. The van der Waals surface area contributed by atoms with Crippen molar-refractivity contribution in [2.45, 2.75) is 39.3 Å². The highest BCUT2D eigenvalue weighted by atomic mass is 15.1. The lowest BCUT2D eigenvalue weighted by atomic mass is 9.97. The predicted molar refractivity (Wildman–Crippen MR) is 75.5 cm³/mol. The van der Waals surface area contributed by atoms with Crippen LogP contribution in [0, 0.1) is 5.92 Å². The number of hydrogen-bond acceptors (Lipinski definition) is 2.